The van der Waals surface area contributed by atoms with Crippen molar-refractivity contribution in [3.05, 3.63) is 39.4 Å². The Labute approximate surface area is 142 Å². The number of aromatic nitrogens is 3. The van der Waals surface area contributed by atoms with Crippen molar-refractivity contribution in [2.75, 3.05) is 20.6 Å². The highest BCUT2D eigenvalue weighted by molar-refractivity contribution is 7.09. The number of hydrogen-bond acceptors (Lipinski definition) is 6. The predicted molar refractivity (Wildman–Crippen MR) is 93.4 cm³/mol. The van der Waals surface area contributed by atoms with Crippen LogP contribution in [0.3, 0.4) is 0 Å². The third kappa shape index (κ3) is 3.94. The van der Waals surface area contributed by atoms with Crippen molar-refractivity contribution in [3.63, 3.8) is 0 Å². The summed E-state index contributed by atoms with van der Waals surface area (Å²) in [6, 6.07) is 0.383. The molecule has 0 amide bonds. The molecule has 0 aromatic carbocycles. The Morgan fingerprint density at radius 2 is 2.13 bits per heavy atom. The van der Waals surface area contributed by atoms with Gasteiger partial charge in [0.2, 0.25) is 0 Å². The maximum Gasteiger partial charge on any atom is 0.125 e. The Hall–Kier alpha value is -1.37. The topological polar surface area (TPSA) is 45.2 Å². The van der Waals surface area contributed by atoms with Crippen molar-refractivity contribution in [3.8, 4) is 0 Å². The van der Waals surface area contributed by atoms with Crippen molar-refractivity contribution >= 4 is 11.3 Å². The lowest BCUT2D eigenvalue weighted by Gasteiger charge is -2.26. The number of likely N-dealkylation sites (tertiary alicyclic amines) is 1. The molecule has 6 heteroatoms. The Morgan fingerprint density at radius 3 is 2.83 bits per heavy atom. The van der Waals surface area contributed by atoms with Gasteiger partial charge in [-0.3, -0.25) is 4.90 Å². The second kappa shape index (κ2) is 7.03. The second-order valence-corrected chi connectivity index (χ2v) is 7.61. The van der Waals surface area contributed by atoms with Crippen LogP contribution in [0.2, 0.25) is 0 Å². The first-order valence-corrected chi connectivity index (χ1v) is 9.03. The fraction of sp³-hybridized carbons (Fsp3) is 0.588. The van der Waals surface area contributed by atoms with E-state index in [0.717, 1.165) is 30.5 Å². The van der Waals surface area contributed by atoms with E-state index in [1.54, 1.807) is 11.3 Å². The predicted octanol–water partition coefficient (Wildman–Crippen LogP) is 2.95. The zero-order chi connectivity index (χ0) is 16.4. The first kappa shape index (κ1) is 16.5. The maximum atomic E-state index is 4.81. The van der Waals surface area contributed by atoms with Crippen LogP contribution < -0.4 is 0 Å². The van der Waals surface area contributed by atoms with Crippen molar-refractivity contribution in [2.45, 2.75) is 45.8 Å². The summed E-state index contributed by atoms with van der Waals surface area (Å²) in [4.78, 5) is 18.5. The van der Waals surface area contributed by atoms with Crippen LogP contribution in [0.4, 0.5) is 0 Å². The van der Waals surface area contributed by atoms with E-state index in [0.29, 0.717) is 6.04 Å². The second-order valence-electron chi connectivity index (χ2n) is 6.55. The van der Waals surface area contributed by atoms with E-state index in [9.17, 15) is 0 Å². The number of rotatable bonds is 5. The van der Waals surface area contributed by atoms with Crippen molar-refractivity contribution in [1.82, 2.24) is 24.8 Å². The first-order chi connectivity index (χ1) is 11.0. The molecule has 0 saturated carbocycles. The van der Waals surface area contributed by atoms with E-state index < -0.39 is 0 Å². The Morgan fingerprint density at radius 1 is 1.30 bits per heavy atom. The molecule has 2 aromatic heterocycles. The standard InChI is InChI=1S/C17H25N5S/c1-12-18-8-14(9-21(3)4)17(19-12)16-6-5-7-22(16)10-15-11-23-13(2)20-15/h8,11,16H,5-7,9-10H2,1-4H3/t16-/m1/s1. The maximum absolute atomic E-state index is 4.81. The minimum Gasteiger partial charge on any atom is -0.305 e. The summed E-state index contributed by atoms with van der Waals surface area (Å²) in [5, 5.41) is 3.32. The van der Waals surface area contributed by atoms with E-state index in [-0.39, 0.29) is 0 Å². The Bertz CT molecular complexity index is 667. The van der Waals surface area contributed by atoms with E-state index in [1.165, 1.54) is 29.8 Å². The minimum atomic E-state index is 0.383. The molecule has 23 heavy (non-hydrogen) atoms. The highest BCUT2D eigenvalue weighted by atomic mass is 32.1. The molecule has 0 bridgehead atoms. The minimum absolute atomic E-state index is 0.383. The van der Waals surface area contributed by atoms with Crippen molar-refractivity contribution in [1.29, 1.82) is 0 Å². The van der Waals surface area contributed by atoms with E-state index in [1.807, 2.05) is 13.1 Å². The zero-order valence-corrected chi connectivity index (χ0v) is 15.2. The highest BCUT2D eigenvalue weighted by Crippen LogP contribution is 2.34. The summed E-state index contributed by atoms with van der Waals surface area (Å²) in [5.41, 5.74) is 3.63. The highest BCUT2D eigenvalue weighted by Gasteiger charge is 2.29. The molecule has 1 saturated heterocycles. The Balaban J connectivity index is 1.85. The SMILES string of the molecule is Cc1ncc(CN(C)C)c([C@H]2CCCN2Cc2csc(C)n2)n1. The first-order valence-electron chi connectivity index (χ1n) is 8.15. The molecule has 124 valence electrons. The van der Waals surface area contributed by atoms with Gasteiger partial charge in [-0.25, -0.2) is 15.0 Å². The van der Waals surface area contributed by atoms with Gasteiger partial charge in [0.1, 0.15) is 5.82 Å². The number of hydrogen-bond donors (Lipinski definition) is 0. The van der Waals surface area contributed by atoms with Gasteiger partial charge in [-0.15, -0.1) is 11.3 Å². The van der Waals surface area contributed by atoms with Gasteiger partial charge in [0.25, 0.3) is 0 Å². The van der Waals surface area contributed by atoms with Crippen LogP contribution in [0.1, 0.15) is 46.7 Å². The van der Waals surface area contributed by atoms with Gasteiger partial charge in [-0.1, -0.05) is 0 Å². The largest absolute Gasteiger partial charge is 0.305 e. The summed E-state index contributed by atoms with van der Waals surface area (Å²) < 4.78 is 0. The smallest absolute Gasteiger partial charge is 0.125 e. The molecule has 0 aliphatic carbocycles. The van der Waals surface area contributed by atoms with Crippen LogP contribution >= 0.6 is 11.3 Å². The lowest BCUT2D eigenvalue weighted by molar-refractivity contribution is 0.238. The molecular weight excluding hydrogens is 306 g/mol. The lowest BCUT2D eigenvalue weighted by Crippen LogP contribution is -2.26. The number of nitrogens with zero attached hydrogens (tertiary/aromatic N) is 5. The molecule has 0 unspecified atom stereocenters. The average molecular weight is 331 g/mol. The lowest BCUT2D eigenvalue weighted by atomic mass is 10.1. The quantitative estimate of drug-likeness (QED) is 0.843. The molecule has 1 fully saturated rings. The molecule has 0 spiro atoms. The molecule has 2 aromatic rings. The fourth-order valence-electron chi connectivity index (χ4n) is 3.28. The van der Waals surface area contributed by atoms with E-state index >= 15 is 0 Å². The molecule has 1 aliphatic heterocycles. The van der Waals surface area contributed by atoms with Gasteiger partial charge < -0.3 is 4.90 Å². The van der Waals surface area contributed by atoms with Gasteiger partial charge in [0, 0.05) is 30.2 Å². The van der Waals surface area contributed by atoms with Crippen LogP contribution in [0, 0.1) is 13.8 Å². The summed E-state index contributed by atoms with van der Waals surface area (Å²) in [7, 11) is 4.18. The van der Waals surface area contributed by atoms with Gasteiger partial charge >= 0.3 is 0 Å². The molecule has 1 aliphatic rings. The molecule has 5 nitrogen and oxygen atoms in total. The summed E-state index contributed by atoms with van der Waals surface area (Å²) >= 11 is 1.73. The summed E-state index contributed by atoms with van der Waals surface area (Å²) in [5.74, 6) is 0.860. The molecule has 3 heterocycles. The van der Waals surface area contributed by atoms with Gasteiger partial charge in [0.15, 0.2) is 0 Å². The fourth-order valence-corrected chi connectivity index (χ4v) is 3.88. The van der Waals surface area contributed by atoms with Crippen LogP contribution in [0.25, 0.3) is 0 Å². The van der Waals surface area contributed by atoms with Gasteiger partial charge in [-0.05, 0) is 47.3 Å². The van der Waals surface area contributed by atoms with E-state index in [2.05, 4.69) is 46.2 Å². The zero-order valence-electron chi connectivity index (χ0n) is 14.4. The third-order valence-electron chi connectivity index (χ3n) is 4.22. The third-order valence-corrected chi connectivity index (χ3v) is 5.04. The molecule has 0 N–H and O–H groups in total. The summed E-state index contributed by atoms with van der Waals surface area (Å²) in [6.45, 7) is 6.96. The molecule has 0 radical (unpaired) electrons. The van der Waals surface area contributed by atoms with Crippen LogP contribution in [0.15, 0.2) is 11.6 Å². The average Bonchev–Trinajstić information content (AvgIpc) is 3.10. The van der Waals surface area contributed by atoms with E-state index in [4.69, 9.17) is 4.98 Å². The Kier molecular flexibility index (Phi) is 5.04. The number of thiazole rings is 1. The van der Waals surface area contributed by atoms with Crippen molar-refractivity contribution < 1.29 is 0 Å². The normalized spacial score (nSPS) is 18.9. The monoisotopic (exact) mass is 331 g/mol. The van der Waals surface area contributed by atoms with Crippen molar-refractivity contribution in [2.24, 2.45) is 0 Å². The van der Waals surface area contributed by atoms with Crippen LogP contribution in [-0.4, -0.2) is 45.4 Å². The summed E-state index contributed by atoms with van der Waals surface area (Å²) in [6.07, 6.45) is 4.39. The van der Waals surface area contributed by atoms with Crippen LogP contribution in [0.5, 0.6) is 0 Å². The van der Waals surface area contributed by atoms with Gasteiger partial charge in [-0.2, -0.15) is 0 Å². The number of aryl methyl sites for hydroxylation is 2. The molecule has 1 atom stereocenters. The molecular formula is C17H25N5S. The molecule has 3 rings (SSSR count). The van der Waals surface area contributed by atoms with Crippen LogP contribution in [-0.2, 0) is 13.1 Å². The van der Waals surface area contributed by atoms with Gasteiger partial charge in [0.05, 0.1) is 22.4 Å².